The second-order valence-corrected chi connectivity index (χ2v) is 10.2. The summed E-state index contributed by atoms with van der Waals surface area (Å²) < 4.78 is 6.04. The highest BCUT2D eigenvalue weighted by Gasteiger charge is 2.67. The molecule has 5 rings (SSSR count). The van der Waals surface area contributed by atoms with Crippen molar-refractivity contribution in [1.29, 1.82) is 0 Å². The normalized spacial score (nSPS) is 29.0. The van der Waals surface area contributed by atoms with Crippen molar-refractivity contribution in [3.05, 3.63) is 76.6 Å². The van der Waals surface area contributed by atoms with Crippen LogP contribution in [0.1, 0.15) is 27.9 Å². The van der Waals surface area contributed by atoms with Gasteiger partial charge in [0.15, 0.2) is 17.2 Å². The average molecular weight is 505 g/mol. The second kappa shape index (κ2) is 8.93. The number of hydrogen-bond donors (Lipinski definition) is 3. The summed E-state index contributed by atoms with van der Waals surface area (Å²) in [5.41, 5.74) is 3.83. The van der Waals surface area contributed by atoms with Crippen LogP contribution in [-0.4, -0.2) is 64.1 Å². The number of hydrogen-bond acceptors (Lipinski definition) is 8. The number of ketones is 3. The number of ether oxygens (including phenoxy) is 1. The van der Waals surface area contributed by atoms with E-state index in [-0.39, 0.29) is 30.1 Å². The molecule has 0 radical (unpaired) electrons. The molecule has 0 bridgehead atoms. The topological polar surface area (TPSA) is 147 Å². The van der Waals surface area contributed by atoms with Gasteiger partial charge in [0.25, 0.3) is 5.91 Å². The Morgan fingerprint density at radius 3 is 2.46 bits per heavy atom. The van der Waals surface area contributed by atoms with E-state index in [2.05, 4.69) is 0 Å². The van der Waals surface area contributed by atoms with E-state index in [1.54, 1.807) is 31.1 Å². The first-order valence-electron chi connectivity index (χ1n) is 12.1. The number of phenols is 1. The molecule has 3 aliphatic carbocycles. The maximum Gasteiger partial charge on any atom is 0.255 e. The largest absolute Gasteiger partial charge is 0.507 e. The Bertz CT molecular complexity index is 1350. The maximum atomic E-state index is 13.9. The first kappa shape index (κ1) is 24.9. The van der Waals surface area contributed by atoms with Crippen molar-refractivity contribution in [2.75, 3.05) is 14.1 Å². The van der Waals surface area contributed by atoms with Crippen LogP contribution >= 0.6 is 0 Å². The molecule has 0 spiro atoms. The summed E-state index contributed by atoms with van der Waals surface area (Å²) in [7, 11) is 3.39. The van der Waals surface area contributed by atoms with Crippen molar-refractivity contribution in [2.45, 2.75) is 31.1 Å². The minimum Gasteiger partial charge on any atom is -0.507 e. The molecule has 1 amide bonds. The van der Waals surface area contributed by atoms with Crippen molar-refractivity contribution in [1.82, 2.24) is 4.90 Å². The molecule has 9 heteroatoms. The van der Waals surface area contributed by atoms with Gasteiger partial charge in [0, 0.05) is 5.92 Å². The highest BCUT2D eigenvalue weighted by molar-refractivity contribution is 6.32. The fourth-order valence-corrected chi connectivity index (χ4v) is 6.27. The third-order valence-corrected chi connectivity index (χ3v) is 7.87. The van der Waals surface area contributed by atoms with Crippen LogP contribution in [0.25, 0.3) is 0 Å². The van der Waals surface area contributed by atoms with E-state index in [9.17, 15) is 29.4 Å². The predicted molar refractivity (Wildman–Crippen MR) is 131 cm³/mol. The number of primary amides is 1. The SMILES string of the molecule is CN(C)[C@H]1C(OCc2ccccc2)=C(C(N)=O)C(=O)[C@]2(O)C(=O)C3C(=O)c4c(O)cccc4C[C@@H]3C[C@H]12. The minimum atomic E-state index is -2.64. The van der Waals surface area contributed by atoms with Crippen molar-refractivity contribution in [2.24, 2.45) is 23.5 Å². The van der Waals surface area contributed by atoms with Gasteiger partial charge >= 0.3 is 0 Å². The highest BCUT2D eigenvalue weighted by Crippen LogP contribution is 2.51. The zero-order chi connectivity index (χ0) is 26.6. The zero-order valence-electron chi connectivity index (χ0n) is 20.5. The molecule has 1 unspecified atom stereocenters. The summed E-state index contributed by atoms with van der Waals surface area (Å²) in [6.45, 7) is 0.0425. The van der Waals surface area contributed by atoms with E-state index in [1.165, 1.54) is 6.07 Å². The minimum absolute atomic E-state index is 0.00691. The van der Waals surface area contributed by atoms with Crippen LogP contribution in [0.5, 0.6) is 5.75 Å². The number of nitrogens with two attached hydrogens (primary N) is 1. The Balaban J connectivity index is 1.62. The zero-order valence-corrected chi connectivity index (χ0v) is 20.5. The van der Waals surface area contributed by atoms with Crippen molar-refractivity contribution >= 4 is 23.3 Å². The van der Waals surface area contributed by atoms with E-state index >= 15 is 0 Å². The van der Waals surface area contributed by atoms with Crippen molar-refractivity contribution in [3.63, 3.8) is 0 Å². The van der Waals surface area contributed by atoms with Crippen LogP contribution in [0.3, 0.4) is 0 Å². The molecule has 192 valence electrons. The number of amides is 1. The lowest BCUT2D eigenvalue weighted by molar-refractivity contribution is -0.170. The van der Waals surface area contributed by atoms with Gasteiger partial charge in [-0.1, -0.05) is 42.5 Å². The van der Waals surface area contributed by atoms with Gasteiger partial charge in [-0.2, -0.15) is 0 Å². The smallest absolute Gasteiger partial charge is 0.255 e. The number of fused-ring (bicyclic) bond motifs is 3. The summed E-state index contributed by atoms with van der Waals surface area (Å²) in [5, 5.41) is 22.1. The Morgan fingerprint density at radius 1 is 1.11 bits per heavy atom. The number of nitrogens with zero attached hydrogens (tertiary/aromatic N) is 1. The summed E-state index contributed by atoms with van der Waals surface area (Å²) >= 11 is 0. The van der Waals surface area contributed by atoms with Crippen LogP contribution in [0.4, 0.5) is 0 Å². The number of phenolic OH excluding ortho intramolecular Hbond substituents is 1. The number of Topliss-reactive ketones (excluding diaryl/α,β-unsaturated/α-hetero) is 3. The molecule has 2 aromatic rings. The molecule has 37 heavy (non-hydrogen) atoms. The summed E-state index contributed by atoms with van der Waals surface area (Å²) in [5.74, 6) is -6.92. The van der Waals surface area contributed by atoms with Crippen molar-refractivity contribution in [3.8, 4) is 5.75 Å². The van der Waals surface area contributed by atoms with E-state index in [1.807, 2.05) is 30.3 Å². The van der Waals surface area contributed by atoms with Crippen LogP contribution in [0.15, 0.2) is 59.9 Å². The molecule has 1 fully saturated rings. The summed E-state index contributed by atoms with van der Waals surface area (Å²) in [4.78, 5) is 55.3. The molecular weight excluding hydrogens is 476 g/mol. The summed E-state index contributed by atoms with van der Waals surface area (Å²) in [6, 6.07) is 13.0. The first-order valence-corrected chi connectivity index (χ1v) is 12.1. The van der Waals surface area contributed by atoms with Gasteiger partial charge in [0.05, 0.1) is 17.5 Å². The van der Waals surface area contributed by atoms with Gasteiger partial charge in [-0.3, -0.25) is 24.1 Å². The number of rotatable bonds is 5. The van der Waals surface area contributed by atoms with Gasteiger partial charge < -0.3 is 20.7 Å². The molecule has 2 aromatic carbocycles. The second-order valence-electron chi connectivity index (χ2n) is 10.2. The fourth-order valence-electron chi connectivity index (χ4n) is 6.27. The van der Waals surface area contributed by atoms with E-state index in [0.29, 0.717) is 12.0 Å². The van der Waals surface area contributed by atoms with Gasteiger partial charge in [-0.25, -0.2) is 0 Å². The number of carbonyl (C=O) groups excluding carboxylic acids is 4. The third kappa shape index (κ3) is 3.69. The monoisotopic (exact) mass is 504 g/mol. The lowest BCUT2D eigenvalue weighted by Gasteiger charge is -2.52. The van der Waals surface area contributed by atoms with Gasteiger partial charge in [0.2, 0.25) is 5.78 Å². The van der Waals surface area contributed by atoms with Gasteiger partial charge in [-0.15, -0.1) is 0 Å². The number of benzene rings is 2. The van der Waals surface area contributed by atoms with Crippen molar-refractivity contribution < 1.29 is 34.1 Å². The van der Waals surface area contributed by atoms with E-state index in [0.717, 1.165) is 5.56 Å². The molecule has 0 aliphatic heterocycles. The number of aliphatic hydroxyl groups is 1. The predicted octanol–water partition coefficient (Wildman–Crippen LogP) is 1.15. The Kier molecular flexibility index (Phi) is 6.00. The standard InChI is InChI=1S/C28H28N2O7/c1-30(2)22-17-12-16-11-15-9-6-10-18(31)19(15)23(32)20(16)25(33)28(17,36)26(34)21(27(29)35)24(22)37-13-14-7-4-3-5-8-14/h3-10,16-17,20,22,31,36H,11-13H2,1-2H3,(H2,29,35)/t16-,17-,20?,22-,28-/m1/s1. The summed E-state index contributed by atoms with van der Waals surface area (Å²) in [6.07, 6.45) is 0.464. The first-order chi connectivity index (χ1) is 17.6. The lowest BCUT2D eigenvalue weighted by Crippen LogP contribution is -2.69. The van der Waals surface area contributed by atoms with Crippen LogP contribution in [-0.2, 0) is 32.1 Å². The highest BCUT2D eigenvalue weighted by atomic mass is 16.5. The Morgan fingerprint density at radius 2 is 1.81 bits per heavy atom. The van der Waals surface area contributed by atoms with Gasteiger partial charge in [0.1, 0.15) is 23.7 Å². The molecule has 0 heterocycles. The van der Waals surface area contributed by atoms with Gasteiger partial charge in [-0.05, 0) is 50.0 Å². The third-order valence-electron chi connectivity index (χ3n) is 7.87. The lowest BCUT2D eigenvalue weighted by atomic mass is 9.54. The molecule has 3 aliphatic rings. The molecule has 0 aromatic heterocycles. The maximum absolute atomic E-state index is 13.9. The molecule has 1 saturated carbocycles. The molecule has 4 N–H and O–H groups in total. The quantitative estimate of drug-likeness (QED) is 0.406. The number of likely N-dealkylation sites (N-methyl/N-ethyl adjacent to an activating group) is 1. The molecule has 9 nitrogen and oxygen atoms in total. The molecule has 5 atom stereocenters. The van der Waals surface area contributed by atoms with E-state index < -0.39 is 58.2 Å². The fraction of sp³-hybridized carbons (Fsp3) is 0.357. The van der Waals surface area contributed by atoms with Crippen LogP contribution in [0, 0.1) is 17.8 Å². The Hall–Kier alpha value is -3.82. The number of carbonyl (C=O) groups is 4. The molecule has 0 saturated heterocycles. The Labute approximate surface area is 213 Å². The van der Waals surface area contributed by atoms with Crippen LogP contribution in [0.2, 0.25) is 0 Å². The average Bonchev–Trinajstić information content (AvgIpc) is 2.85. The molecular formula is C28H28N2O7. The van der Waals surface area contributed by atoms with Crippen LogP contribution < -0.4 is 5.73 Å². The number of aromatic hydroxyl groups is 1. The van der Waals surface area contributed by atoms with E-state index in [4.69, 9.17) is 10.5 Å².